The minimum atomic E-state index is -0.377. The summed E-state index contributed by atoms with van der Waals surface area (Å²) in [5.74, 6) is 0.651. The standard InChI is InChI=1S/C10H15NO3/c1-7(12)5-8-6-14-10(11-8)9-3-2-4-13-9/h6-7,9,12H,2-5H2,1H3. The highest BCUT2D eigenvalue weighted by Crippen LogP contribution is 2.27. The van der Waals surface area contributed by atoms with E-state index in [0.717, 1.165) is 25.1 Å². The van der Waals surface area contributed by atoms with Crippen LogP contribution in [0.3, 0.4) is 0 Å². The van der Waals surface area contributed by atoms with E-state index in [0.29, 0.717) is 12.3 Å². The van der Waals surface area contributed by atoms with Crippen LogP contribution in [0.25, 0.3) is 0 Å². The van der Waals surface area contributed by atoms with Crippen LogP contribution in [0.2, 0.25) is 0 Å². The summed E-state index contributed by atoms with van der Waals surface area (Å²) in [6.07, 6.45) is 3.84. The van der Waals surface area contributed by atoms with E-state index in [-0.39, 0.29) is 12.2 Å². The molecular weight excluding hydrogens is 182 g/mol. The van der Waals surface area contributed by atoms with Crippen LogP contribution in [0.5, 0.6) is 0 Å². The molecule has 0 radical (unpaired) electrons. The predicted octanol–water partition coefficient (Wildman–Crippen LogP) is 1.45. The van der Waals surface area contributed by atoms with E-state index in [1.165, 1.54) is 0 Å². The lowest BCUT2D eigenvalue weighted by Gasteiger charge is -2.02. The third-order valence-corrected chi connectivity index (χ3v) is 2.28. The normalized spacial score (nSPS) is 24.0. The number of hydrogen-bond donors (Lipinski definition) is 1. The van der Waals surface area contributed by atoms with Crippen LogP contribution in [0.4, 0.5) is 0 Å². The van der Waals surface area contributed by atoms with Gasteiger partial charge < -0.3 is 14.3 Å². The summed E-state index contributed by atoms with van der Waals surface area (Å²) in [6.45, 7) is 2.53. The highest BCUT2D eigenvalue weighted by Gasteiger charge is 2.22. The van der Waals surface area contributed by atoms with Crippen LogP contribution >= 0.6 is 0 Å². The Morgan fingerprint density at radius 1 is 1.71 bits per heavy atom. The molecule has 0 saturated carbocycles. The Labute approximate surface area is 82.9 Å². The third-order valence-electron chi connectivity index (χ3n) is 2.28. The molecule has 4 heteroatoms. The molecule has 0 aromatic carbocycles. The van der Waals surface area contributed by atoms with Gasteiger partial charge in [0.1, 0.15) is 12.4 Å². The monoisotopic (exact) mass is 197 g/mol. The van der Waals surface area contributed by atoms with Crippen molar-refractivity contribution in [1.82, 2.24) is 4.98 Å². The molecule has 14 heavy (non-hydrogen) atoms. The molecule has 2 rings (SSSR count). The fourth-order valence-electron chi connectivity index (χ4n) is 1.64. The molecule has 1 N–H and O–H groups in total. The molecule has 1 aromatic rings. The zero-order valence-electron chi connectivity index (χ0n) is 8.27. The van der Waals surface area contributed by atoms with Crippen molar-refractivity contribution < 1.29 is 14.3 Å². The maximum atomic E-state index is 9.17. The summed E-state index contributed by atoms with van der Waals surface area (Å²) >= 11 is 0. The van der Waals surface area contributed by atoms with Crippen molar-refractivity contribution in [2.45, 2.75) is 38.4 Å². The van der Waals surface area contributed by atoms with Crippen LogP contribution in [0.1, 0.15) is 37.5 Å². The van der Waals surface area contributed by atoms with Gasteiger partial charge in [-0.2, -0.15) is 0 Å². The second kappa shape index (κ2) is 4.11. The quantitative estimate of drug-likeness (QED) is 0.796. The third kappa shape index (κ3) is 2.13. The molecule has 1 aromatic heterocycles. The van der Waals surface area contributed by atoms with Gasteiger partial charge in [0.15, 0.2) is 0 Å². The number of aliphatic hydroxyl groups excluding tert-OH is 1. The van der Waals surface area contributed by atoms with Crippen LogP contribution in [0, 0.1) is 0 Å². The Kier molecular flexibility index (Phi) is 2.84. The van der Waals surface area contributed by atoms with E-state index in [2.05, 4.69) is 4.98 Å². The van der Waals surface area contributed by atoms with Crippen molar-refractivity contribution in [3.8, 4) is 0 Å². The lowest BCUT2D eigenvalue weighted by atomic mass is 10.2. The van der Waals surface area contributed by atoms with Gasteiger partial charge in [-0.3, -0.25) is 0 Å². The first kappa shape index (κ1) is 9.68. The van der Waals surface area contributed by atoms with E-state index in [1.54, 1.807) is 13.2 Å². The largest absolute Gasteiger partial charge is 0.446 e. The van der Waals surface area contributed by atoms with Crippen molar-refractivity contribution in [3.63, 3.8) is 0 Å². The fraction of sp³-hybridized carbons (Fsp3) is 0.700. The summed E-state index contributed by atoms with van der Waals surface area (Å²) in [6, 6.07) is 0. The molecule has 1 fully saturated rings. The molecule has 1 aliphatic heterocycles. The summed E-state index contributed by atoms with van der Waals surface area (Å²) in [5.41, 5.74) is 0.797. The van der Waals surface area contributed by atoms with Gasteiger partial charge in [0.25, 0.3) is 0 Å². The van der Waals surface area contributed by atoms with E-state index >= 15 is 0 Å². The van der Waals surface area contributed by atoms with Gasteiger partial charge >= 0.3 is 0 Å². The lowest BCUT2D eigenvalue weighted by molar-refractivity contribution is 0.0891. The van der Waals surface area contributed by atoms with Gasteiger partial charge in [-0.25, -0.2) is 4.98 Å². The maximum absolute atomic E-state index is 9.17. The van der Waals surface area contributed by atoms with Crippen LogP contribution in [-0.2, 0) is 11.2 Å². The predicted molar refractivity (Wildman–Crippen MR) is 49.8 cm³/mol. The summed E-state index contributed by atoms with van der Waals surface area (Å²) < 4.78 is 10.7. The highest BCUT2D eigenvalue weighted by molar-refractivity contribution is 5.00. The Morgan fingerprint density at radius 2 is 2.57 bits per heavy atom. The smallest absolute Gasteiger partial charge is 0.223 e. The van der Waals surface area contributed by atoms with Gasteiger partial charge in [-0.15, -0.1) is 0 Å². The van der Waals surface area contributed by atoms with Crippen molar-refractivity contribution in [3.05, 3.63) is 17.8 Å². The van der Waals surface area contributed by atoms with E-state index < -0.39 is 0 Å². The van der Waals surface area contributed by atoms with Crippen molar-refractivity contribution in [2.24, 2.45) is 0 Å². The maximum Gasteiger partial charge on any atom is 0.223 e. The number of hydrogen-bond acceptors (Lipinski definition) is 4. The van der Waals surface area contributed by atoms with E-state index in [4.69, 9.17) is 14.3 Å². The van der Waals surface area contributed by atoms with E-state index in [9.17, 15) is 0 Å². The first-order valence-electron chi connectivity index (χ1n) is 4.99. The molecule has 0 spiro atoms. The first-order chi connectivity index (χ1) is 6.75. The summed E-state index contributed by atoms with van der Waals surface area (Å²) in [5, 5.41) is 9.17. The van der Waals surface area contributed by atoms with Gasteiger partial charge in [-0.1, -0.05) is 0 Å². The highest BCUT2D eigenvalue weighted by atomic mass is 16.5. The molecule has 0 bridgehead atoms. The first-order valence-corrected chi connectivity index (χ1v) is 4.99. The Morgan fingerprint density at radius 3 is 3.21 bits per heavy atom. The molecule has 2 heterocycles. The number of oxazole rings is 1. The molecule has 0 aliphatic carbocycles. The fourth-order valence-corrected chi connectivity index (χ4v) is 1.64. The Hall–Kier alpha value is -0.870. The van der Waals surface area contributed by atoms with Gasteiger partial charge in [0, 0.05) is 13.0 Å². The zero-order valence-corrected chi connectivity index (χ0v) is 8.27. The second-order valence-corrected chi connectivity index (χ2v) is 3.73. The molecule has 2 atom stereocenters. The van der Waals surface area contributed by atoms with Gasteiger partial charge in [-0.05, 0) is 19.8 Å². The second-order valence-electron chi connectivity index (χ2n) is 3.73. The van der Waals surface area contributed by atoms with E-state index in [1.807, 2.05) is 0 Å². The van der Waals surface area contributed by atoms with Crippen molar-refractivity contribution in [1.29, 1.82) is 0 Å². The Balaban J connectivity index is 2.01. The topological polar surface area (TPSA) is 55.5 Å². The molecular formula is C10H15NO3. The summed E-state index contributed by atoms with van der Waals surface area (Å²) in [7, 11) is 0. The van der Waals surface area contributed by atoms with Crippen LogP contribution < -0.4 is 0 Å². The van der Waals surface area contributed by atoms with Crippen LogP contribution in [0.15, 0.2) is 10.7 Å². The number of aromatic nitrogens is 1. The SMILES string of the molecule is CC(O)Cc1coc(C2CCCO2)n1. The number of ether oxygens (including phenoxy) is 1. The van der Waals surface area contributed by atoms with Gasteiger partial charge in [0.05, 0.1) is 11.8 Å². The van der Waals surface area contributed by atoms with Crippen LogP contribution in [-0.4, -0.2) is 22.8 Å². The molecule has 4 nitrogen and oxygen atoms in total. The Bertz CT molecular complexity index is 289. The number of rotatable bonds is 3. The average Bonchev–Trinajstić information content (AvgIpc) is 2.69. The molecule has 78 valence electrons. The summed E-state index contributed by atoms with van der Waals surface area (Å²) in [4.78, 5) is 4.28. The number of aliphatic hydroxyl groups is 1. The molecule has 2 unspecified atom stereocenters. The zero-order chi connectivity index (χ0) is 9.97. The molecule has 1 aliphatic rings. The minimum absolute atomic E-state index is 0.0257. The lowest BCUT2D eigenvalue weighted by Crippen LogP contribution is -2.05. The molecule has 1 saturated heterocycles. The molecule has 0 amide bonds. The van der Waals surface area contributed by atoms with Gasteiger partial charge in [0.2, 0.25) is 5.89 Å². The average molecular weight is 197 g/mol. The minimum Gasteiger partial charge on any atom is -0.446 e. The van der Waals surface area contributed by atoms with Crippen molar-refractivity contribution >= 4 is 0 Å². The number of nitrogens with zero attached hydrogens (tertiary/aromatic N) is 1. The van der Waals surface area contributed by atoms with Crippen molar-refractivity contribution in [2.75, 3.05) is 6.61 Å².